The fourth-order valence-corrected chi connectivity index (χ4v) is 2.14. The molecule has 4 nitrogen and oxygen atoms in total. The first-order chi connectivity index (χ1) is 7.70. The van der Waals surface area contributed by atoms with Gasteiger partial charge in [-0.15, -0.1) is 0 Å². The van der Waals surface area contributed by atoms with E-state index >= 15 is 0 Å². The fraction of sp³-hybridized carbons (Fsp3) is 0.500. The zero-order valence-electron chi connectivity index (χ0n) is 9.73. The number of pyridine rings is 1. The number of aromatic nitrogens is 1. The maximum Gasteiger partial charge on any atom is 0.209 e. The number of piperazine rings is 1. The van der Waals surface area contributed by atoms with Gasteiger partial charge in [0.05, 0.1) is 11.7 Å². The quantitative estimate of drug-likeness (QED) is 0.748. The molecule has 0 bridgehead atoms. The van der Waals surface area contributed by atoms with Gasteiger partial charge in [-0.1, -0.05) is 6.07 Å². The van der Waals surface area contributed by atoms with Crippen molar-refractivity contribution in [2.24, 2.45) is 0 Å². The number of carbonyl (C=O) groups excluding carboxylic acids is 1. The molecule has 86 valence electrons. The first-order valence-electron chi connectivity index (χ1n) is 5.56. The SMILES string of the molecule is Cc1cnc(C2CN(C=O)CCN2)c(C)c1. The molecule has 1 unspecified atom stereocenters. The van der Waals surface area contributed by atoms with Crippen LogP contribution in [0.4, 0.5) is 0 Å². The molecule has 1 aliphatic rings. The van der Waals surface area contributed by atoms with Crippen molar-refractivity contribution < 1.29 is 4.79 Å². The Morgan fingerprint density at radius 1 is 1.56 bits per heavy atom. The van der Waals surface area contributed by atoms with Crippen LogP contribution in [0, 0.1) is 13.8 Å². The molecule has 1 atom stereocenters. The van der Waals surface area contributed by atoms with Crippen molar-refractivity contribution in [3.8, 4) is 0 Å². The molecule has 0 spiro atoms. The number of aryl methyl sites for hydroxylation is 2. The van der Waals surface area contributed by atoms with Gasteiger partial charge < -0.3 is 10.2 Å². The van der Waals surface area contributed by atoms with Crippen molar-refractivity contribution in [3.05, 3.63) is 29.1 Å². The van der Waals surface area contributed by atoms with Crippen LogP contribution in [0.25, 0.3) is 0 Å². The highest BCUT2D eigenvalue weighted by molar-refractivity contribution is 5.47. The molecule has 2 rings (SSSR count). The Labute approximate surface area is 95.7 Å². The van der Waals surface area contributed by atoms with Crippen molar-refractivity contribution in [3.63, 3.8) is 0 Å². The lowest BCUT2D eigenvalue weighted by Gasteiger charge is -2.31. The van der Waals surface area contributed by atoms with E-state index in [0.717, 1.165) is 25.2 Å². The Balaban J connectivity index is 2.19. The summed E-state index contributed by atoms with van der Waals surface area (Å²) in [7, 11) is 0. The fourth-order valence-electron chi connectivity index (χ4n) is 2.14. The Morgan fingerprint density at radius 2 is 2.38 bits per heavy atom. The van der Waals surface area contributed by atoms with Gasteiger partial charge in [0.15, 0.2) is 0 Å². The third kappa shape index (κ3) is 2.22. The molecule has 1 fully saturated rings. The number of hydrogen-bond acceptors (Lipinski definition) is 3. The number of amides is 1. The minimum absolute atomic E-state index is 0.166. The summed E-state index contributed by atoms with van der Waals surface area (Å²) in [5, 5.41) is 3.40. The number of carbonyl (C=O) groups is 1. The highest BCUT2D eigenvalue weighted by Crippen LogP contribution is 2.18. The molecule has 1 amide bonds. The molecule has 1 aromatic rings. The Hall–Kier alpha value is -1.42. The van der Waals surface area contributed by atoms with Gasteiger partial charge in [0.25, 0.3) is 0 Å². The average Bonchev–Trinajstić information content (AvgIpc) is 2.29. The molecule has 16 heavy (non-hydrogen) atoms. The zero-order chi connectivity index (χ0) is 11.5. The lowest BCUT2D eigenvalue weighted by atomic mass is 10.0. The van der Waals surface area contributed by atoms with Gasteiger partial charge in [0.1, 0.15) is 0 Å². The molecule has 0 saturated carbocycles. The number of nitrogens with one attached hydrogen (secondary N) is 1. The van der Waals surface area contributed by atoms with E-state index in [2.05, 4.69) is 23.3 Å². The third-order valence-corrected chi connectivity index (χ3v) is 2.94. The highest BCUT2D eigenvalue weighted by Gasteiger charge is 2.21. The van der Waals surface area contributed by atoms with Crippen LogP contribution in [0.3, 0.4) is 0 Å². The van der Waals surface area contributed by atoms with E-state index in [4.69, 9.17) is 0 Å². The van der Waals surface area contributed by atoms with Crippen molar-refractivity contribution >= 4 is 6.41 Å². The molecule has 1 aromatic heterocycles. The first kappa shape index (κ1) is 11.1. The van der Waals surface area contributed by atoms with Crippen LogP contribution in [-0.4, -0.2) is 35.9 Å². The van der Waals surface area contributed by atoms with Crippen molar-refractivity contribution in [2.75, 3.05) is 19.6 Å². The predicted molar refractivity (Wildman–Crippen MR) is 62.1 cm³/mol. The van der Waals surface area contributed by atoms with Gasteiger partial charge in [-0.25, -0.2) is 0 Å². The summed E-state index contributed by atoms with van der Waals surface area (Å²) < 4.78 is 0. The molecule has 0 aromatic carbocycles. The van der Waals surface area contributed by atoms with Crippen LogP contribution in [-0.2, 0) is 4.79 Å². The smallest absolute Gasteiger partial charge is 0.209 e. The van der Waals surface area contributed by atoms with Crippen molar-refractivity contribution in [1.29, 1.82) is 0 Å². The van der Waals surface area contributed by atoms with Crippen molar-refractivity contribution in [1.82, 2.24) is 15.2 Å². The number of nitrogens with zero attached hydrogens (tertiary/aromatic N) is 2. The minimum atomic E-state index is 0.166. The Kier molecular flexibility index (Phi) is 3.19. The lowest BCUT2D eigenvalue weighted by molar-refractivity contribution is -0.119. The molecule has 0 aliphatic carbocycles. The van der Waals surface area contributed by atoms with Crippen LogP contribution in [0.1, 0.15) is 22.9 Å². The molecule has 4 heteroatoms. The van der Waals surface area contributed by atoms with Gasteiger partial charge in [0.2, 0.25) is 6.41 Å². The lowest BCUT2D eigenvalue weighted by Crippen LogP contribution is -2.45. The van der Waals surface area contributed by atoms with Gasteiger partial charge in [-0.2, -0.15) is 0 Å². The van der Waals surface area contributed by atoms with E-state index in [-0.39, 0.29) is 6.04 Å². The number of hydrogen-bond donors (Lipinski definition) is 1. The molecule has 0 radical (unpaired) electrons. The highest BCUT2D eigenvalue weighted by atomic mass is 16.1. The van der Waals surface area contributed by atoms with Gasteiger partial charge in [0, 0.05) is 25.8 Å². The van der Waals surface area contributed by atoms with E-state index in [9.17, 15) is 4.79 Å². The van der Waals surface area contributed by atoms with Gasteiger partial charge in [-0.3, -0.25) is 9.78 Å². The standard InChI is InChI=1S/C12H17N3O/c1-9-5-10(2)12(14-6-9)11-7-15(8-16)4-3-13-11/h5-6,8,11,13H,3-4,7H2,1-2H3. The summed E-state index contributed by atoms with van der Waals surface area (Å²) in [5.74, 6) is 0. The summed E-state index contributed by atoms with van der Waals surface area (Å²) in [6.45, 7) is 6.43. The minimum Gasteiger partial charge on any atom is -0.342 e. The van der Waals surface area contributed by atoms with Gasteiger partial charge in [-0.05, 0) is 25.0 Å². The Morgan fingerprint density at radius 3 is 3.06 bits per heavy atom. The number of rotatable bonds is 2. The normalized spacial score (nSPS) is 20.9. The summed E-state index contributed by atoms with van der Waals surface area (Å²) in [6.07, 6.45) is 2.79. The second kappa shape index (κ2) is 4.61. The van der Waals surface area contributed by atoms with E-state index < -0.39 is 0 Å². The van der Waals surface area contributed by atoms with Crippen LogP contribution in [0.5, 0.6) is 0 Å². The van der Waals surface area contributed by atoms with E-state index in [0.29, 0.717) is 6.54 Å². The molecule has 1 aliphatic heterocycles. The average molecular weight is 219 g/mol. The molecule has 2 heterocycles. The van der Waals surface area contributed by atoms with Crippen LogP contribution in [0.2, 0.25) is 0 Å². The monoisotopic (exact) mass is 219 g/mol. The zero-order valence-corrected chi connectivity index (χ0v) is 9.73. The molecular formula is C12H17N3O. The van der Waals surface area contributed by atoms with E-state index in [1.54, 1.807) is 4.90 Å². The predicted octanol–water partition coefficient (Wildman–Crippen LogP) is 0.801. The summed E-state index contributed by atoms with van der Waals surface area (Å²) in [6, 6.07) is 2.30. The topological polar surface area (TPSA) is 45.2 Å². The van der Waals surface area contributed by atoms with E-state index in [1.807, 2.05) is 13.1 Å². The maximum atomic E-state index is 10.8. The molecular weight excluding hydrogens is 202 g/mol. The summed E-state index contributed by atoms with van der Waals surface area (Å²) in [5.41, 5.74) is 3.41. The maximum absolute atomic E-state index is 10.8. The van der Waals surface area contributed by atoms with Gasteiger partial charge >= 0.3 is 0 Å². The third-order valence-electron chi connectivity index (χ3n) is 2.94. The largest absolute Gasteiger partial charge is 0.342 e. The summed E-state index contributed by atoms with van der Waals surface area (Å²) >= 11 is 0. The second-order valence-electron chi connectivity index (χ2n) is 4.32. The Bertz CT molecular complexity index is 392. The molecule has 1 N–H and O–H groups in total. The van der Waals surface area contributed by atoms with E-state index in [1.165, 1.54) is 11.1 Å². The summed E-state index contributed by atoms with van der Waals surface area (Å²) in [4.78, 5) is 17.0. The first-order valence-corrected chi connectivity index (χ1v) is 5.56. The van der Waals surface area contributed by atoms with Crippen LogP contribution in [0.15, 0.2) is 12.3 Å². The van der Waals surface area contributed by atoms with Crippen LogP contribution < -0.4 is 5.32 Å². The second-order valence-corrected chi connectivity index (χ2v) is 4.32. The molecule has 1 saturated heterocycles. The van der Waals surface area contributed by atoms with Crippen LogP contribution >= 0.6 is 0 Å². The van der Waals surface area contributed by atoms with Crippen molar-refractivity contribution in [2.45, 2.75) is 19.9 Å².